The number of allylic oxidation sites excluding steroid dienone is 8. The van der Waals surface area contributed by atoms with Crippen LogP contribution in [0.2, 0.25) is 0 Å². The number of carbonyl (C=O) groups excluding carboxylic acids is 2. The van der Waals surface area contributed by atoms with Crippen LogP contribution in [0.4, 0.5) is 0 Å². The van der Waals surface area contributed by atoms with E-state index in [4.69, 9.17) is 24.3 Å². The van der Waals surface area contributed by atoms with E-state index < -0.39 is 32.5 Å². The van der Waals surface area contributed by atoms with Gasteiger partial charge in [0.1, 0.15) is 6.61 Å². The molecule has 0 fully saturated rings. The Kier molecular flexibility index (Phi) is 33.3. The summed E-state index contributed by atoms with van der Waals surface area (Å²) >= 11 is 0. The highest BCUT2D eigenvalue weighted by molar-refractivity contribution is 7.47. The van der Waals surface area contributed by atoms with Gasteiger partial charge in [0.2, 0.25) is 0 Å². The minimum atomic E-state index is -4.37. The van der Waals surface area contributed by atoms with Crippen LogP contribution in [0.5, 0.6) is 0 Å². The summed E-state index contributed by atoms with van der Waals surface area (Å²) in [5.74, 6) is -0.874. The lowest BCUT2D eigenvalue weighted by atomic mass is 10.1. The van der Waals surface area contributed by atoms with E-state index >= 15 is 0 Å². The Bertz CT molecular complexity index is 934. The molecule has 9 nitrogen and oxygen atoms in total. The first-order valence-corrected chi connectivity index (χ1v) is 20.1. The second-order valence-electron chi connectivity index (χ2n) is 12.1. The highest BCUT2D eigenvalue weighted by atomic mass is 31.2. The highest BCUT2D eigenvalue weighted by Crippen LogP contribution is 2.43. The minimum absolute atomic E-state index is 0.0477. The summed E-state index contributed by atoms with van der Waals surface area (Å²) in [6, 6.07) is 0. The summed E-state index contributed by atoms with van der Waals surface area (Å²) in [6.07, 6.45) is 37.3. The number of hydrogen-bond acceptors (Lipinski definition) is 8. The number of phosphoric acid groups is 1. The van der Waals surface area contributed by atoms with Crippen LogP contribution >= 0.6 is 7.82 Å². The van der Waals surface area contributed by atoms with Crippen LogP contribution in [0, 0.1) is 0 Å². The van der Waals surface area contributed by atoms with E-state index in [0.717, 1.165) is 57.8 Å². The monoisotopic (exact) mass is 697 g/mol. The van der Waals surface area contributed by atoms with Gasteiger partial charge in [-0.15, -0.1) is 0 Å². The molecular formula is C38H68NO8P. The number of hydrogen-bond donors (Lipinski definition) is 2. The molecule has 2 atom stereocenters. The van der Waals surface area contributed by atoms with Crippen LogP contribution in [-0.4, -0.2) is 49.3 Å². The molecular weight excluding hydrogens is 629 g/mol. The van der Waals surface area contributed by atoms with E-state index in [2.05, 4.69) is 62.5 Å². The van der Waals surface area contributed by atoms with Gasteiger partial charge in [0, 0.05) is 19.4 Å². The van der Waals surface area contributed by atoms with Crippen molar-refractivity contribution in [2.45, 2.75) is 155 Å². The van der Waals surface area contributed by atoms with Crippen LogP contribution in [-0.2, 0) is 32.7 Å². The Labute approximate surface area is 292 Å². The van der Waals surface area contributed by atoms with Gasteiger partial charge in [0.25, 0.3) is 0 Å². The molecule has 0 saturated heterocycles. The topological polar surface area (TPSA) is 134 Å². The predicted molar refractivity (Wildman–Crippen MR) is 196 cm³/mol. The maximum atomic E-state index is 12.4. The van der Waals surface area contributed by atoms with Crippen molar-refractivity contribution >= 4 is 19.8 Å². The number of ether oxygens (including phenoxy) is 2. The SMILES string of the molecule is CCCCC/C=C/C/C=C/C/C=C/C/C=C/CCCCCC(=O)OC[C@@H](COP(=O)(O)OCCN)OC(=O)CCCCCCCCCC. The average Bonchev–Trinajstić information content (AvgIpc) is 3.07. The molecule has 48 heavy (non-hydrogen) atoms. The molecule has 0 aromatic rings. The number of carbonyl (C=O) groups is 2. The zero-order valence-corrected chi connectivity index (χ0v) is 31.1. The van der Waals surface area contributed by atoms with Crippen molar-refractivity contribution in [3.05, 3.63) is 48.6 Å². The third kappa shape index (κ3) is 33.9. The average molecular weight is 698 g/mol. The molecule has 0 rings (SSSR count). The molecule has 0 aromatic carbocycles. The fourth-order valence-corrected chi connectivity index (χ4v) is 5.44. The molecule has 278 valence electrons. The molecule has 10 heteroatoms. The van der Waals surface area contributed by atoms with Gasteiger partial charge in [0.05, 0.1) is 13.2 Å². The second kappa shape index (κ2) is 34.8. The van der Waals surface area contributed by atoms with Crippen molar-refractivity contribution < 1.29 is 37.6 Å². The lowest BCUT2D eigenvalue weighted by molar-refractivity contribution is -0.161. The van der Waals surface area contributed by atoms with Crippen LogP contribution in [0.1, 0.15) is 149 Å². The van der Waals surface area contributed by atoms with Crippen LogP contribution in [0.25, 0.3) is 0 Å². The Morgan fingerprint density at radius 2 is 1.08 bits per heavy atom. The van der Waals surface area contributed by atoms with E-state index in [0.29, 0.717) is 12.8 Å². The standard InChI is InChI=1S/C38H68NO8P/c1-3-5-7-9-11-13-14-15-16-17-18-19-20-21-22-23-25-26-28-30-37(40)44-34-36(35-46-48(42,43)45-33-32-39)47-38(41)31-29-27-24-12-10-8-6-4-2/h11,13,15-16,18-19,21-22,36H,3-10,12,14,17,20,23-35,39H2,1-2H3,(H,42,43)/b13-11+,16-15+,19-18+,22-21+/t36-/m0/s1. The van der Waals surface area contributed by atoms with E-state index in [1.807, 2.05) is 0 Å². The lowest BCUT2D eigenvalue weighted by Gasteiger charge is -2.19. The molecule has 0 amide bonds. The van der Waals surface area contributed by atoms with Crippen LogP contribution < -0.4 is 5.73 Å². The van der Waals surface area contributed by atoms with E-state index in [9.17, 15) is 19.0 Å². The van der Waals surface area contributed by atoms with Crippen molar-refractivity contribution in [3.63, 3.8) is 0 Å². The Balaban J connectivity index is 4.23. The smallest absolute Gasteiger partial charge is 0.462 e. The van der Waals surface area contributed by atoms with Gasteiger partial charge in [-0.2, -0.15) is 0 Å². The van der Waals surface area contributed by atoms with Gasteiger partial charge in [-0.3, -0.25) is 18.6 Å². The van der Waals surface area contributed by atoms with Gasteiger partial charge in [-0.25, -0.2) is 4.57 Å². The first kappa shape index (κ1) is 46.0. The zero-order valence-electron chi connectivity index (χ0n) is 30.2. The number of unbranched alkanes of at least 4 members (excludes halogenated alkanes) is 13. The minimum Gasteiger partial charge on any atom is -0.462 e. The fraction of sp³-hybridized carbons (Fsp3) is 0.737. The van der Waals surface area contributed by atoms with Crippen LogP contribution in [0.15, 0.2) is 48.6 Å². The maximum Gasteiger partial charge on any atom is 0.472 e. The third-order valence-corrected chi connectivity index (χ3v) is 8.45. The van der Waals surface area contributed by atoms with Gasteiger partial charge >= 0.3 is 19.8 Å². The first-order chi connectivity index (χ1) is 23.3. The van der Waals surface area contributed by atoms with Crippen molar-refractivity contribution in [2.75, 3.05) is 26.4 Å². The summed E-state index contributed by atoms with van der Waals surface area (Å²) in [7, 11) is -4.37. The quantitative estimate of drug-likeness (QED) is 0.0291. The largest absolute Gasteiger partial charge is 0.472 e. The Morgan fingerprint density at radius 3 is 1.65 bits per heavy atom. The zero-order chi connectivity index (χ0) is 35.4. The van der Waals surface area contributed by atoms with E-state index in [1.165, 1.54) is 51.4 Å². The van der Waals surface area contributed by atoms with Crippen molar-refractivity contribution in [3.8, 4) is 0 Å². The van der Waals surface area contributed by atoms with Gasteiger partial charge in [-0.05, 0) is 57.8 Å². The molecule has 0 aromatic heterocycles. The number of nitrogens with two attached hydrogens (primary N) is 1. The number of esters is 2. The van der Waals surface area contributed by atoms with Gasteiger partial charge < -0.3 is 20.1 Å². The molecule has 0 aliphatic carbocycles. The summed E-state index contributed by atoms with van der Waals surface area (Å²) in [5, 5.41) is 0. The van der Waals surface area contributed by atoms with Crippen LogP contribution in [0.3, 0.4) is 0 Å². The van der Waals surface area contributed by atoms with E-state index in [-0.39, 0.29) is 32.6 Å². The molecule has 3 N–H and O–H groups in total. The maximum absolute atomic E-state index is 12.4. The third-order valence-electron chi connectivity index (χ3n) is 7.47. The summed E-state index contributed by atoms with van der Waals surface area (Å²) < 4.78 is 32.5. The summed E-state index contributed by atoms with van der Waals surface area (Å²) in [5.41, 5.74) is 5.31. The summed E-state index contributed by atoms with van der Waals surface area (Å²) in [4.78, 5) is 34.5. The fourth-order valence-electron chi connectivity index (χ4n) is 4.67. The lowest BCUT2D eigenvalue weighted by Crippen LogP contribution is -2.29. The van der Waals surface area contributed by atoms with E-state index in [1.54, 1.807) is 0 Å². The molecule has 0 aliphatic rings. The van der Waals surface area contributed by atoms with Crippen molar-refractivity contribution in [2.24, 2.45) is 5.73 Å². The number of rotatable bonds is 34. The molecule has 0 bridgehead atoms. The van der Waals surface area contributed by atoms with Gasteiger partial charge in [-0.1, -0.05) is 127 Å². The summed E-state index contributed by atoms with van der Waals surface area (Å²) in [6.45, 7) is 3.60. The molecule has 0 heterocycles. The molecule has 0 spiro atoms. The molecule has 1 unspecified atom stereocenters. The molecule has 0 saturated carbocycles. The Morgan fingerprint density at radius 1 is 0.625 bits per heavy atom. The highest BCUT2D eigenvalue weighted by Gasteiger charge is 2.25. The normalized spacial score (nSPS) is 14.0. The molecule has 0 aliphatic heterocycles. The molecule has 0 radical (unpaired) electrons. The first-order valence-electron chi connectivity index (χ1n) is 18.6. The Hall–Kier alpha value is -2.03. The van der Waals surface area contributed by atoms with Crippen molar-refractivity contribution in [1.29, 1.82) is 0 Å². The number of phosphoric ester groups is 1. The second-order valence-corrected chi connectivity index (χ2v) is 13.5. The van der Waals surface area contributed by atoms with Crippen molar-refractivity contribution in [1.82, 2.24) is 0 Å². The van der Waals surface area contributed by atoms with Gasteiger partial charge in [0.15, 0.2) is 6.10 Å². The predicted octanol–water partition coefficient (Wildman–Crippen LogP) is 9.99.